The molecule has 4 nitrogen and oxygen atoms in total. The van der Waals surface area contributed by atoms with Crippen molar-refractivity contribution in [3.05, 3.63) is 29.8 Å². The van der Waals surface area contributed by atoms with Crippen molar-refractivity contribution >= 4 is 5.69 Å². The molecule has 0 aliphatic carbocycles. The summed E-state index contributed by atoms with van der Waals surface area (Å²) < 4.78 is 0. The van der Waals surface area contributed by atoms with Gasteiger partial charge >= 0.3 is 0 Å². The van der Waals surface area contributed by atoms with Crippen LogP contribution in [-0.2, 0) is 0 Å². The predicted molar refractivity (Wildman–Crippen MR) is 78.1 cm³/mol. The minimum Gasteiger partial charge on any atom is -0.370 e. The average Bonchev–Trinajstić information content (AvgIpc) is 2.60. The van der Waals surface area contributed by atoms with E-state index in [9.17, 15) is 0 Å². The molecule has 1 aliphatic rings. The zero-order valence-electron chi connectivity index (χ0n) is 11.7. The van der Waals surface area contributed by atoms with Gasteiger partial charge in [-0.3, -0.25) is 4.90 Å². The summed E-state index contributed by atoms with van der Waals surface area (Å²) >= 11 is 0. The Morgan fingerprint density at radius 3 is 2.63 bits per heavy atom. The number of rotatable bonds is 2. The molecule has 1 heterocycles. The summed E-state index contributed by atoms with van der Waals surface area (Å²) in [5, 5.41) is 8.85. The van der Waals surface area contributed by atoms with Crippen LogP contribution in [0.4, 0.5) is 5.69 Å². The molecule has 1 saturated heterocycles. The van der Waals surface area contributed by atoms with Crippen molar-refractivity contribution in [2.45, 2.75) is 25.4 Å². The predicted octanol–water partition coefficient (Wildman–Crippen LogP) is 1.42. The van der Waals surface area contributed by atoms with Gasteiger partial charge in [-0.15, -0.1) is 0 Å². The van der Waals surface area contributed by atoms with Crippen molar-refractivity contribution in [3.63, 3.8) is 0 Å². The Labute approximate surface area is 115 Å². The van der Waals surface area contributed by atoms with Crippen molar-refractivity contribution in [1.29, 1.82) is 5.26 Å². The molecule has 102 valence electrons. The highest BCUT2D eigenvalue weighted by atomic mass is 15.3. The Balaban J connectivity index is 2.17. The Kier molecular flexibility index (Phi) is 4.41. The Morgan fingerprint density at radius 2 is 2.05 bits per heavy atom. The number of anilines is 1. The van der Waals surface area contributed by atoms with E-state index in [1.54, 1.807) is 0 Å². The molecule has 1 fully saturated rings. The molecule has 2 atom stereocenters. The third-order valence-corrected chi connectivity index (χ3v) is 4.15. The van der Waals surface area contributed by atoms with Crippen LogP contribution in [0.25, 0.3) is 0 Å². The minimum atomic E-state index is 0.383. The summed E-state index contributed by atoms with van der Waals surface area (Å²) in [7, 11) is 2.16. The number of likely N-dealkylation sites (N-methyl/N-ethyl adjacent to an activating group) is 1. The number of benzene rings is 1. The standard InChI is InChI=1S/C15H22N4/c1-12-7-8-19(11-15(10-17)18(12)2)14-5-3-13(9-16)4-6-14/h3-6,12,15H,7-8,10-11,17H2,1-2H3. The first kappa shape index (κ1) is 13.9. The van der Waals surface area contributed by atoms with Crippen LogP contribution in [-0.4, -0.2) is 43.7 Å². The summed E-state index contributed by atoms with van der Waals surface area (Å²) in [5.41, 5.74) is 7.79. The van der Waals surface area contributed by atoms with Gasteiger partial charge in [0.2, 0.25) is 0 Å². The fourth-order valence-electron chi connectivity index (χ4n) is 2.60. The van der Waals surface area contributed by atoms with Crippen molar-refractivity contribution in [3.8, 4) is 6.07 Å². The van der Waals surface area contributed by atoms with Crippen molar-refractivity contribution in [2.75, 3.05) is 31.6 Å². The molecule has 0 amide bonds. The molecular formula is C15H22N4. The van der Waals surface area contributed by atoms with Crippen LogP contribution in [0.15, 0.2) is 24.3 Å². The van der Waals surface area contributed by atoms with Gasteiger partial charge in [0.15, 0.2) is 0 Å². The van der Waals surface area contributed by atoms with Crippen molar-refractivity contribution in [1.82, 2.24) is 4.90 Å². The summed E-state index contributed by atoms with van der Waals surface area (Å²) in [6.45, 7) is 4.91. The van der Waals surface area contributed by atoms with E-state index in [0.717, 1.165) is 19.5 Å². The zero-order valence-corrected chi connectivity index (χ0v) is 11.7. The van der Waals surface area contributed by atoms with Crippen LogP contribution in [0, 0.1) is 11.3 Å². The van der Waals surface area contributed by atoms with Gasteiger partial charge in [-0.05, 0) is 44.7 Å². The van der Waals surface area contributed by atoms with Crippen molar-refractivity contribution < 1.29 is 0 Å². The normalized spacial score (nSPS) is 24.8. The molecule has 0 bridgehead atoms. The Morgan fingerprint density at radius 1 is 1.37 bits per heavy atom. The van der Waals surface area contributed by atoms with Gasteiger partial charge in [0, 0.05) is 37.4 Å². The number of nitrogens with zero attached hydrogens (tertiary/aromatic N) is 3. The van der Waals surface area contributed by atoms with E-state index in [-0.39, 0.29) is 0 Å². The van der Waals surface area contributed by atoms with Gasteiger partial charge in [-0.25, -0.2) is 0 Å². The van der Waals surface area contributed by atoms with E-state index in [4.69, 9.17) is 11.0 Å². The molecule has 1 aromatic carbocycles. The van der Waals surface area contributed by atoms with Gasteiger partial charge < -0.3 is 10.6 Å². The van der Waals surface area contributed by atoms with Crippen LogP contribution in [0.2, 0.25) is 0 Å². The molecular weight excluding hydrogens is 236 g/mol. The van der Waals surface area contributed by atoms with Crippen LogP contribution in [0.1, 0.15) is 18.9 Å². The minimum absolute atomic E-state index is 0.383. The number of hydrogen-bond acceptors (Lipinski definition) is 4. The summed E-state index contributed by atoms with van der Waals surface area (Å²) in [6, 6.07) is 10.9. The van der Waals surface area contributed by atoms with Gasteiger partial charge in [0.05, 0.1) is 11.6 Å². The maximum Gasteiger partial charge on any atom is 0.0991 e. The SMILES string of the molecule is CC1CCN(c2ccc(C#N)cc2)CC(CN)N1C. The molecule has 4 heteroatoms. The average molecular weight is 258 g/mol. The van der Waals surface area contributed by atoms with Gasteiger partial charge in [-0.1, -0.05) is 0 Å². The van der Waals surface area contributed by atoms with Gasteiger partial charge in [-0.2, -0.15) is 5.26 Å². The smallest absolute Gasteiger partial charge is 0.0991 e. The maximum atomic E-state index is 8.85. The summed E-state index contributed by atoms with van der Waals surface area (Å²) in [6.07, 6.45) is 1.13. The number of nitriles is 1. The summed E-state index contributed by atoms with van der Waals surface area (Å²) in [4.78, 5) is 4.75. The van der Waals surface area contributed by atoms with E-state index in [2.05, 4.69) is 29.8 Å². The molecule has 0 radical (unpaired) electrons. The second kappa shape index (κ2) is 6.05. The molecule has 1 aliphatic heterocycles. The first-order valence-corrected chi connectivity index (χ1v) is 6.82. The van der Waals surface area contributed by atoms with Crippen LogP contribution in [0.3, 0.4) is 0 Å². The van der Waals surface area contributed by atoms with Crippen LogP contribution >= 0.6 is 0 Å². The molecule has 0 saturated carbocycles. The van der Waals surface area contributed by atoms with Crippen LogP contribution < -0.4 is 10.6 Å². The third kappa shape index (κ3) is 3.06. The molecule has 1 aromatic rings. The topological polar surface area (TPSA) is 56.3 Å². The lowest BCUT2D eigenvalue weighted by atomic mass is 10.2. The second-order valence-electron chi connectivity index (χ2n) is 5.30. The quantitative estimate of drug-likeness (QED) is 0.871. The van der Waals surface area contributed by atoms with Gasteiger partial charge in [0.25, 0.3) is 0 Å². The Bertz CT molecular complexity index is 448. The molecule has 2 N–H and O–H groups in total. The van der Waals surface area contributed by atoms with Gasteiger partial charge in [0.1, 0.15) is 0 Å². The zero-order chi connectivity index (χ0) is 13.8. The van der Waals surface area contributed by atoms with E-state index in [1.807, 2.05) is 24.3 Å². The fraction of sp³-hybridized carbons (Fsp3) is 0.533. The first-order chi connectivity index (χ1) is 9.15. The lowest BCUT2D eigenvalue weighted by Crippen LogP contribution is -2.46. The first-order valence-electron chi connectivity index (χ1n) is 6.82. The lowest BCUT2D eigenvalue weighted by Gasteiger charge is -2.31. The molecule has 0 spiro atoms. The highest BCUT2D eigenvalue weighted by Gasteiger charge is 2.25. The van der Waals surface area contributed by atoms with E-state index in [1.165, 1.54) is 5.69 Å². The molecule has 2 rings (SSSR count). The van der Waals surface area contributed by atoms with Crippen LogP contribution in [0.5, 0.6) is 0 Å². The number of nitrogens with two attached hydrogens (primary N) is 1. The van der Waals surface area contributed by atoms with E-state index in [0.29, 0.717) is 24.2 Å². The second-order valence-corrected chi connectivity index (χ2v) is 5.30. The highest BCUT2D eigenvalue weighted by molar-refractivity contribution is 5.50. The van der Waals surface area contributed by atoms with E-state index >= 15 is 0 Å². The fourth-order valence-corrected chi connectivity index (χ4v) is 2.60. The highest BCUT2D eigenvalue weighted by Crippen LogP contribution is 2.21. The van der Waals surface area contributed by atoms with Crippen molar-refractivity contribution in [2.24, 2.45) is 5.73 Å². The molecule has 19 heavy (non-hydrogen) atoms. The van der Waals surface area contributed by atoms with E-state index < -0.39 is 0 Å². The monoisotopic (exact) mass is 258 g/mol. The lowest BCUT2D eigenvalue weighted by molar-refractivity contribution is 0.201. The largest absolute Gasteiger partial charge is 0.370 e. The Hall–Kier alpha value is -1.57. The maximum absolute atomic E-state index is 8.85. The summed E-state index contributed by atoms with van der Waals surface area (Å²) in [5.74, 6) is 0. The molecule has 0 aromatic heterocycles. The molecule has 2 unspecified atom stereocenters. The third-order valence-electron chi connectivity index (χ3n) is 4.15. The number of hydrogen-bond donors (Lipinski definition) is 1.